The molecule has 0 saturated heterocycles. The highest BCUT2D eigenvalue weighted by Gasteiger charge is 2.17. The first-order valence-electron chi connectivity index (χ1n) is 31.2. The third-order valence-corrected chi connectivity index (χ3v) is 16.8. The molecule has 0 bridgehead atoms. The van der Waals surface area contributed by atoms with Crippen molar-refractivity contribution in [1.29, 1.82) is 0 Å². The van der Waals surface area contributed by atoms with E-state index in [0.29, 0.717) is 5.71 Å². The second kappa shape index (κ2) is 25.7. The van der Waals surface area contributed by atoms with E-state index in [-0.39, 0.29) is 0 Å². The second-order valence-corrected chi connectivity index (χ2v) is 22.6. The number of para-hydroxylation sites is 5. The summed E-state index contributed by atoms with van der Waals surface area (Å²) in [5, 5.41) is 8.74. The zero-order valence-electron chi connectivity index (χ0n) is 51.0. The number of hydrogen-bond acceptors (Lipinski definition) is 10. The van der Waals surface area contributed by atoms with Crippen LogP contribution in [0, 0.1) is 0 Å². The number of pyridine rings is 5. The Labute approximate surface area is 544 Å². The van der Waals surface area contributed by atoms with Gasteiger partial charge >= 0.3 is 0 Å². The van der Waals surface area contributed by atoms with Gasteiger partial charge < -0.3 is 22.1 Å². The van der Waals surface area contributed by atoms with Crippen molar-refractivity contribution >= 4 is 110 Å². The Morgan fingerprint density at radius 2 is 0.579 bits per heavy atom. The molecule has 10 heteroatoms. The van der Waals surface area contributed by atoms with Crippen molar-refractivity contribution in [2.24, 2.45) is 0 Å². The number of fused-ring (bicyclic) bond motifs is 15. The second-order valence-electron chi connectivity index (χ2n) is 22.6. The maximum absolute atomic E-state index is 6.00. The summed E-state index contributed by atoms with van der Waals surface area (Å²) in [5.41, 5.74) is 21.8. The van der Waals surface area contributed by atoms with Gasteiger partial charge in [0, 0.05) is 108 Å². The number of hydrogen-bond donors (Lipinski definition) is 0. The fraction of sp³-hybridized carbons (Fsp3) is 0. The van der Waals surface area contributed by atoms with Crippen LogP contribution >= 0.6 is 0 Å². The van der Waals surface area contributed by atoms with Crippen LogP contribution < -0.4 is 0 Å². The summed E-state index contributed by atoms with van der Waals surface area (Å²) < 4.78 is 29.9. The van der Waals surface area contributed by atoms with E-state index < -0.39 is 0 Å². The third kappa shape index (κ3) is 11.2. The van der Waals surface area contributed by atoms with Gasteiger partial charge in [-0.3, -0.25) is 19.9 Å². The number of aromatic nitrogens is 5. The van der Waals surface area contributed by atoms with Crippen molar-refractivity contribution in [1.82, 2.24) is 24.9 Å². The molecule has 0 unspecified atom stereocenters. The molecule has 0 fully saturated rings. The van der Waals surface area contributed by atoms with Crippen LogP contribution in [0.4, 0.5) is 0 Å². The maximum Gasteiger partial charge on any atom is 0.227 e. The predicted octanol–water partition coefficient (Wildman–Crippen LogP) is 23.2. The normalized spacial score (nSPS) is 11.2. The Hall–Kier alpha value is -13.1. The summed E-state index contributed by atoms with van der Waals surface area (Å²) in [6.45, 7) is 0. The lowest BCUT2D eigenvalue weighted by atomic mass is 10.0. The highest BCUT2D eigenvalue weighted by molar-refractivity contribution is 6.12. The topological polar surface area (TPSA) is 130 Å². The standard InChI is InChI=1S/5C17H11NO/c1-2-6-12(7-3-1)13-8-4-9-14-16-15(19-17(13)14)10-5-11-18-16;1-2-6-12(7-3-1)13-8-4-9-14-15-10-5-11-18-17(15)19-16(13)14;1-2-6-12(7-3-1)13-10-11-18-16-14-8-4-5-9-15(14)19-17(13)16;1-2-5-12(6-3-1)13-7-4-8-15-14-9-10-18-11-16(14)19-17(13)15;1-2-5-12(6-3-1)13-7-4-8-14-15-11-18-10-9-16(15)19-17(13)14/h5*1-11H. The highest BCUT2D eigenvalue weighted by Crippen LogP contribution is 2.40. The minimum absolute atomic E-state index is 0.695. The molecule has 0 aliphatic rings. The Kier molecular flexibility index (Phi) is 15.4. The predicted molar refractivity (Wildman–Crippen MR) is 385 cm³/mol. The van der Waals surface area contributed by atoms with Crippen LogP contribution in [0.25, 0.3) is 166 Å². The van der Waals surface area contributed by atoms with Crippen molar-refractivity contribution in [2.45, 2.75) is 0 Å². The van der Waals surface area contributed by atoms with Gasteiger partial charge in [-0.1, -0.05) is 231 Å². The number of benzene rings is 10. The minimum atomic E-state index is 0.695. The van der Waals surface area contributed by atoms with Gasteiger partial charge in [-0.15, -0.1) is 0 Å². The zero-order chi connectivity index (χ0) is 63.3. The van der Waals surface area contributed by atoms with Gasteiger partial charge in [0.2, 0.25) is 5.71 Å². The molecule has 0 aliphatic heterocycles. The van der Waals surface area contributed by atoms with Gasteiger partial charge in [-0.25, -0.2) is 4.98 Å². The van der Waals surface area contributed by atoms with E-state index in [1.807, 2.05) is 176 Å². The quantitative estimate of drug-likeness (QED) is 0.164. The van der Waals surface area contributed by atoms with E-state index in [1.54, 1.807) is 31.0 Å². The van der Waals surface area contributed by atoms with Crippen LogP contribution in [-0.2, 0) is 0 Å². The van der Waals surface area contributed by atoms with E-state index in [0.717, 1.165) is 149 Å². The molecule has 10 aromatic heterocycles. The van der Waals surface area contributed by atoms with Crippen molar-refractivity contribution in [3.8, 4) is 55.6 Å². The summed E-state index contributed by atoms with van der Waals surface area (Å²) in [7, 11) is 0. The average Bonchev–Trinajstić information content (AvgIpc) is 1.71. The molecular formula is C85H55N5O5. The van der Waals surface area contributed by atoms with Gasteiger partial charge in [0.25, 0.3) is 0 Å². The van der Waals surface area contributed by atoms with E-state index in [9.17, 15) is 0 Å². The highest BCUT2D eigenvalue weighted by atomic mass is 16.3. The molecule has 20 rings (SSSR count). The number of nitrogens with zero attached hydrogens (tertiary/aromatic N) is 5. The van der Waals surface area contributed by atoms with Crippen LogP contribution in [0.1, 0.15) is 0 Å². The molecule has 95 heavy (non-hydrogen) atoms. The first-order chi connectivity index (χ1) is 47.2. The van der Waals surface area contributed by atoms with Crippen molar-refractivity contribution in [3.05, 3.63) is 335 Å². The van der Waals surface area contributed by atoms with Gasteiger partial charge in [-0.05, 0) is 88.5 Å². The Morgan fingerprint density at radius 3 is 1.18 bits per heavy atom. The Morgan fingerprint density at radius 1 is 0.189 bits per heavy atom. The Bertz CT molecular complexity index is 5180. The van der Waals surface area contributed by atoms with E-state index in [1.165, 1.54) is 11.1 Å². The van der Waals surface area contributed by atoms with Crippen molar-refractivity contribution in [2.75, 3.05) is 0 Å². The fourth-order valence-corrected chi connectivity index (χ4v) is 12.4. The lowest BCUT2D eigenvalue weighted by Crippen LogP contribution is -1.80. The van der Waals surface area contributed by atoms with Crippen LogP contribution in [0.2, 0.25) is 0 Å². The molecule has 10 nitrogen and oxygen atoms in total. The Balaban J connectivity index is 0.0000000937. The SMILES string of the molecule is c1ccc(-c2cccc3c2oc2cccnc23)cc1.c1ccc(-c2cccc3c2oc2ccncc23)cc1.c1ccc(-c2cccc3c2oc2cnccc23)cc1.c1ccc(-c2cccc3c2oc2ncccc23)cc1.c1ccc(-c2ccnc3c2oc2ccccc23)cc1. The van der Waals surface area contributed by atoms with Crippen molar-refractivity contribution < 1.29 is 22.1 Å². The molecule has 10 heterocycles. The number of furan rings is 5. The van der Waals surface area contributed by atoms with E-state index in [4.69, 9.17) is 22.1 Å². The zero-order valence-corrected chi connectivity index (χ0v) is 51.0. The summed E-state index contributed by atoms with van der Waals surface area (Å²) in [5.74, 6) is 0. The third-order valence-electron chi connectivity index (χ3n) is 16.8. The fourth-order valence-electron chi connectivity index (χ4n) is 12.4. The molecule has 0 amide bonds. The molecule has 20 aromatic rings. The molecule has 10 aromatic carbocycles. The van der Waals surface area contributed by atoms with Gasteiger partial charge in [0.1, 0.15) is 44.5 Å². The average molecular weight is 1230 g/mol. The van der Waals surface area contributed by atoms with Gasteiger partial charge in [0.15, 0.2) is 16.7 Å². The molecule has 0 radical (unpaired) electrons. The molecule has 0 spiro atoms. The smallest absolute Gasteiger partial charge is 0.227 e. The first-order valence-corrected chi connectivity index (χ1v) is 31.2. The van der Waals surface area contributed by atoms with Crippen LogP contribution in [-0.4, -0.2) is 24.9 Å². The lowest BCUT2D eigenvalue weighted by molar-refractivity contribution is 0.655. The largest absolute Gasteiger partial charge is 0.455 e. The van der Waals surface area contributed by atoms with Crippen molar-refractivity contribution in [3.63, 3.8) is 0 Å². The monoisotopic (exact) mass is 1230 g/mol. The van der Waals surface area contributed by atoms with Crippen LogP contribution in [0.5, 0.6) is 0 Å². The minimum Gasteiger partial charge on any atom is -0.455 e. The summed E-state index contributed by atoms with van der Waals surface area (Å²) in [4.78, 5) is 21.5. The van der Waals surface area contributed by atoms with E-state index in [2.05, 4.69) is 152 Å². The first kappa shape index (κ1) is 57.1. The van der Waals surface area contributed by atoms with Gasteiger partial charge in [0.05, 0.1) is 6.20 Å². The molecule has 0 saturated carbocycles. The number of rotatable bonds is 5. The van der Waals surface area contributed by atoms with Gasteiger partial charge in [-0.2, -0.15) is 0 Å². The van der Waals surface area contributed by atoms with Crippen LogP contribution in [0.15, 0.2) is 357 Å². The summed E-state index contributed by atoms with van der Waals surface area (Å²) in [6.07, 6.45) is 12.6. The molecule has 450 valence electrons. The lowest BCUT2D eigenvalue weighted by Gasteiger charge is -2.01. The molecule has 0 atom stereocenters. The maximum atomic E-state index is 6.00. The molecule has 0 aliphatic carbocycles. The molecular weight excluding hydrogens is 1170 g/mol. The van der Waals surface area contributed by atoms with Crippen LogP contribution in [0.3, 0.4) is 0 Å². The van der Waals surface area contributed by atoms with E-state index >= 15 is 0 Å². The molecule has 0 N–H and O–H groups in total. The summed E-state index contributed by atoms with van der Waals surface area (Å²) >= 11 is 0. The summed E-state index contributed by atoms with van der Waals surface area (Å²) in [6, 6.07) is 98.0.